The third kappa shape index (κ3) is 3.52. The summed E-state index contributed by atoms with van der Waals surface area (Å²) in [6.45, 7) is 0.632. The molecule has 1 amide bonds. The van der Waals surface area contributed by atoms with Gasteiger partial charge in [-0.2, -0.15) is 0 Å². The number of hydrogen-bond donors (Lipinski definition) is 1. The maximum atomic E-state index is 12.7. The molecule has 1 aliphatic rings. The number of nitrogens with zero attached hydrogens (tertiary/aromatic N) is 1. The van der Waals surface area contributed by atoms with Crippen molar-refractivity contribution in [2.24, 2.45) is 0 Å². The molecular formula is C23H24N2O2. The smallest absolute Gasteiger partial charge is 0.269 e. The zero-order chi connectivity index (χ0) is 18.7. The Morgan fingerprint density at radius 3 is 2.52 bits per heavy atom. The molecule has 3 aromatic rings. The highest BCUT2D eigenvalue weighted by atomic mass is 16.5. The molecule has 0 radical (unpaired) electrons. The van der Waals surface area contributed by atoms with Gasteiger partial charge in [-0.1, -0.05) is 49.2 Å². The number of rotatable bonds is 5. The van der Waals surface area contributed by atoms with Crippen molar-refractivity contribution in [3.05, 3.63) is 71.9 Å². The number of hydrogen-bond acceptors (Lipinski definition) is 3. The average molecular weight is 360 g/mol. The highest BCUT2D eigenvalue weighted by Crippen LogP contribution is 2.41. The van der Waals surface area contributed by atoms with Crippen LogP contribution in [0.15, 0.2) is 60.7 Å². The van der Waals surface area contributed by atoms with Crippen molar-refractivity contribution >= 4 is 16.8 Å². The first-order chi connectivity index (χ1) is 13.2. The fourth-order valence-electron chi connectivity index (χ4n) is 4.10. The van der Waals surface area contributed by atoms with Crippen molar-refractivity contribution in [2.45, 2.75) is 31.1 Å². The van der Waals surface area contributed by atoms with Crippen LogP contribution in [-0.2, 0) is 5.41 Å². The third-order valence-corrected chi connectivity index (χ3v) is 5.68. The van der Waals surface area contributed by atoms with Crippen LogP contribution in [0.1, 0.15) is 41.7 Å². The minimum absolute atomic E-state index is 0.00121. The third-order valence-electron chi connectivity index (χ3n) is 5.68. The van der Waals surface area contributed by atoms with Gasteiger partial charge in [0.05, 0.1) is 12.6 Å². The quantitative estimate of drug-likeness (QED) is 0.729. The first-order valence-corrected chi connectivity index (χ1v) is 9.49. The zero-order valence-corrected chi connectivity index (χ0v) is 15.6. The number of ether oxygens (including phenoxy) is 1. The first kappa shape index (κ1) is 17.5. The Hall–Kier alpha value is -2.88. The molecule has 1 saturated carbocycles. The maximum absolute atomic E-state index is 12.7. The van der Waals surface area contributed by atoms with E-state index in [0.717, 1.165) is 29.5 Å². The Balaban J connectivity index is 1.52. The maximum Gasteiger partial charge on any atom is 0.269 e. The van der Waals surface area contributed by atoms with E-state index in [2.05, 4.69) is 22.4 Å². The topological polar surface area (TPSA) is 51.2 Å². The summed E-state index contributed by atoms with van der Waals surface area (Å²) in [6.07, 6.45) is 4.56. The van der Waals surface area contributed by atoms with Gasteiger partial charge in [-0.25, -0.2) is 4.98 Å². The second kappa shape index (κ2) is 7.39. The van der Waals surface area contributed by atoms with Crippen LogP contribution in [0.3, 0.4) is 0 Å². The van der Waals surface area contributed by atoms with Gasteiger partial charge in [0.25, 0.3) is 5.91 Å². The lowest BCUT2D eigenvalue weighted by atomic mass is 9.78. The van der Waals surface area contributed by atoms with Crippen molar-refractivity contribution in [1.29, 1.82) is 0 Å². The number of aromatic nitrogens is 1. The van der Waals surface area contributed by atoms with Crippen molar-refractivity contribution in [3.8, 4) is 5.75 Å². The molecule has 1 heterocycles. The number of carbonyl (C=O) groups is 1. The zero-order valence-electron chi connectivity index (χ0n) is 15.6. The van der Waals surface area contributed by atoms with Crippen molar-refractivity contribution in [3.63, 3.8) is 0 Å². The lowest BCUT2D eigenvalue weighted by molar-refractivity contribution is 0.0938. The van der Waals surface area contributed by atoms with E-state index >= 15 is 0 Å². The number of methoxy groups -OCH3 is 1. The molecule has 0 bridgehead atoms. The van der Waals surface area contributed by atoms with Gasteiger partial charge in [0, 0.05) is 17.3 Å². The molecule has 0 atom stereocenters. The predicted octanol–water partition coefficient (Wildman–Crippen LogP) is 4.49. The number of para-hydroxylation sites is 1. The summed E-state index contributed by atoms with van der Waals surface area (Å²) in [4.78, 5) is 17.2. The molecule has 2 aromatic carbocycles. The first-order valence-electron chi connectivity index (χ1n) is 9.49. The normalized spacial score (nSPS) is 15.6. The Kier molecular flexibility index (Phi) is 4.80. The van der Waals surface area contributed by atoms with Crippen molar-refractivity contribution < 1.29 is 9.53 Å². The Bertz CT molecular complexity index is 944. The molecule has 0 unspecified atom stereocenters. The Labute approximate surface area is 159 Å². The molecule has 0 aliphatic heterocycles. The molecular weight excluding hydrogens is 336 g/mol. The van der Waals surface area contributed by atoms with Crippen LogP contribution in [0.5, 0.6) is 5.75 Å². The molecule has 4 nitrogen and oxygen atoms in total. The number of carbonyl (C=O) groups excluding carboxylic acids is 1. The van der Waals surface area contributed by atoms with Crippen molar-refractivity contribution in [2.75, 3.05) is 13.7 Å². The molecule has 0 saturated heterocycles. The van der Waals surface area contributed by atoms with E-state index in [9.17, 15) is 4.79 Å². The molecule has 1 N–H and O–H groups in total. The van der Waals surface area contributed by atoms with E-state index in [1.165, 1.54) is 18.4 Å². The van der Waals surface area contributed by atoms with E-state index in [0.29, 0.717) is 12.2 Å². The minimum Gasteiger partial charge on any atom is -0.497 e. The van der Waals surface area contributed by atoms with Crippen LogP contribution in [0.25, 0.3) is 10.9 Å². The SMILES string of the molecule is COc1ccc(C2(CNC(=O)c3ccc4ccccc4n3)CCCC2)cc1. The van der Waals surface area contributed by atoms with E-state index in [4.69, 9.17) is 4.74 Å². The van der Waals surface area contributed by atoms with Crippen LogP contribution < -0.4 is 10.1 Å². The fourth-order valence-corrected chi connectivity index (χ4v) is 4.10. The largest absolute Gasteiger partial charge is 0.497 e. The van der Waals surface area contributed by atoms with E-state index < -0.39 is 0 Å². The summed E-state index contributed by atoms with van der Waals surface area (Å²) in [5.74, 6) is 0.747. The van der Waals surface area contributed by atoms with Crippen LogP contribution >= 0.6 is 0 Å². The van der Waals surface area contributed by atoms with Gasteiger partial charge in [0.1, 0.15) is 11.4 Å². The van der Waals surface area contributed by atoms with Gasteiger partial charge in [-0.05, 0) is 42.7 Å². The number of nitrogens with one attached hydrogen (secondary N) is 1. The highest BCUT2D eigenvalue weighted by molar-refractivity contribution is 5.94. The van der Waals surface area contributed by atoms with E-state index in [1.54, 1.807) is 13.2 Å². The van der Waals surface area contributed by atoms with Crippen LogP contribution in [0.4, 0.5) is 0 Å². The fraction of sp³-hybridized carbons (Fsp3) is 0.304. The summed E-state index contributed by atoms with van der Waals surface area (Å²) >= 11 is 0. The monoisotopic (exact) mass is 360 g/mol. The van der Waals surface area contributed by atoms with E-state index in [1.807, 2.05) is 42.5 Å². The van der Waals surface area contributed by atoms with Gasteiger partial charge in [-0.3, -0.25) is 4.79 Å². The molecule has 1 aliphatic carbocycles. The standard InChI is InChI=1S/C23H24N2O2/c1-27-19-11-9-18(10-12-19)23(14-4-5-15-23)16-24-22(26)21-13-8-17-6-2-3-7-20(17)25-21/h2-3,6-13H,4-5,14-16H2,1H3,(H,24,26). The summed E-state index contributed by atoms with van der Waals surface area (Å²) in [6, 6.07) is 19.9. The van der Waals surface area contributed by atoms with Gasteiger partial charge in [0.2, 0.25) is 0 Å². The molecule has 4 rings (SSSR count). The van der Waals surface area contributed by atoms with Crippen LogP contribution in [0, 0.1) is 0 Å². The highest BCUT2D eigenvalue weighted by Gasteiger charge is 2.36. The molecule has 1 fully saturated rings. The number of benzene rings is 2. The van der Waals surface area contributed by atoms with Gasteiger partial charge in [-0.15, -0.1) is 0 Å². The molecule has 4 heteroatoms. The Morgan fingerprint density at radius 2 is 1.78 bits per heavy atom. The predicted molar refractivity (Wildman–Crippen MR) is 107 cm³/mol. The molecule has 1 aromatic heterocycles. The summed E-state index contributed by atoms with van der Waals surface area (Å²) in [5, 5.41) is 4.18. The summed E-state index contributed by atoms with van der Waals surface area (Å²) < 4.78 is 5.28. The minimum atomic E-state index is -0.111. The average Bonchev–Trinajstić information content (AvgIpc) is 3.22. The van der Waals surface area contributed by atoms with Gasteiger partial charge >= 0.3 is 0 Å². The van der Waals surface area contributed by atoms with Gasteiger partial charge < -0.3 is 10.1 Å². The number of pyridine rings is 1. The number of fused-ring (bicyclic) bond motifs is 1. The molecule has 0 spiro atoms. The summed E-state index contributed by atoms with van der Waals surface area (Å²) in [5.41, 5.74) is 2.58. The second-order valence-electron chi connectivity index (χ2n) is 7.29. The molecule has 27 heavy (non-hydrogen) atoms. The molecule has 138 valence electrons. The Morgan fingerprint density at radius 1 is 1.04 bits per heavy atom. The lowest BCUT2D eigenvalue weighted by Gasteiger charge is -2.30. The second-order valence-corrected chi connectivity index (χ2v) is 7.29. The lowest BCUT2D eigenvalue weighted by Crippen LogP contribution is -2.39. The van der Waals surface area contributed by atoms with E-state index in [-0.39, 0.29) is 11.3 Å². The summed E-state index contributed by atoms with van der Waals surface area (Å²) in [7, 11) is 1.68. The van der Waals surface area contributed by atoms with Gasteiger partial charge in [0.15, 0.2) is 0 Å². The van der Waals surface area contributed by atoms with Crippen LogP contribution in [0.2, 0.25) is 0 Å². The van der Waals surface area contributed by atoms with Crippen LogP contribution in [-0.4, -0.2) is 24.5 Å². The van der Waals surface area contributed by atoms with Crippen molar-refractivity contribution in [1.82, 2.24) is 10.3 Å². The number of amides is 1.